The van der Waals surface area contributed by atoms with Gasteiger partial charge in [-0.05, 0) is 6.42 Å². The molecule has 0 bridgehead atoms. The molecule has 12 heavy (non-hydrogen) atoms. The molecule has 0 amide bonds. The van der Waals surface area contributed by atoms with E-state index in [0.29, 0.717) is 0 Å². The van der Waals surface area contributed by atoms with Gasteiger partial charge in [0, 0.05) is 12.8 Å². The van der Waals surface area contributed by atoms with Gasteiger partial charge in [-0.15, -0.1) is 0 Å². The van der Waals surface area contributed by atoms with Gasteiger partial charge in [0.05, 0.1) is 0 Å². The molecule has 1 heteroatoms. The minimum absolute atomic E-state index is 1.16. The van der Waals surface area contributed by atoms with E-state index in [2.05, 4.69) is 31.7 Å². The molecule has 0 atom stereocenters. The van der Waals surface area contributed by atoms with Crippen molar-refractivity contribution in [2.24, 2.45) is 0 Å². The highest BCUT2D eigenvalue weighted by molar-refractivity contribution is 5.50. The van der Waals surface area contributed by atoms with Gasteiger partial charge in [-0.25, -0.2) is 4.58 Å². The first-order chi connectivity index (χ1) is 5.81. The van der Waals surface area contributed by atoms with E-state index in [-0.39, 0.29) is 0 Å². The van der Waals surface area contributed by atoms with Crippen LogP contribution in [0.5, 0.6) is 0 Å². The summed E-state index contributed by atoms with van der Waals surface area (Å²) in [6.45, 7) is 5.68. The van der Waals surface area contributed by atoms with Crippen molar-refractivity contribution in [2.45, 2.75) is 52.4 Å². The summed E-state index contributed by atoms with van der Waals surface area (Å²) in [4.78, 5) is 0. The number of hydrogen-bond donors (Lipinski definition) is 0. The van der Waals surface area contributed by atoms with E-state index < -0.39 is 0 Å². The topological polar surface area (TPSA) is 3.01 Å². The second-order valence-corrected chi connectivity index (χ2v) is 3.49. The van der Waals surface area contributed by atoms with Crippen LogP contribution in [0.3, 0.4) is 0 Å². The fourth-order valence-electron chi connectivity index (χ4n) is 1.37. The molecule has 0 aliphatic carbocycles. The summed E-state index contributed by atoms with van der Waals surface area (Å²) < 4.78 is 2.31. The molecule has 0 saturated carbocycles. The molecule has 0 rings (SSSR count). The second kappa shape index (κ2) is 8.76. The van der Waals surface area contributed by atoms with Crippen molar-refractivity contribution in [3.8, 4) is 0 Å². The normalized spacial score (nSPS) is 12.1. The molecule has 0 heterocycles. The van der Waals surface area contributed by atoms with Crippen LogP contribution in [-0.2, 0) is 0 Å². The van der Waals surface area contributed by atoms with Gasteiger partial charge in [0.15, 0.2) is 0 Å². The summed E-state index contributed by atoms with van der Waals surface area (Å²) in [6.07, 6.45) is 10.3. The number of rotatable bonds is 7. The molecule has 0 N–H and O–H groups in total. The second-order valence-electron chi connectivity index (χ2n) is 3.49. The summed E-state index contributed by atoms with van der Waals surface area (Å²) in [5.74, 6) is 0. The average molecular weight is 170 g/mol. The lowest BCUT2D eigenvalue weighted by atomic mass is 10.1. The third-order valence-corrected chi connectivity index (χ3v) is 2.11. The molecule has 0 saturated heterocycles. The minimum Gasteiger partial charge on any atom is -0.242 e. The Bertz CT molecular complexity index is 116. The van der Waals surface area contributed by atoms with Gasteiger partial charge in [0.2, 0.25) is 0 Å². The van der Waals surface area contributed by atoms with Gasteiger partial charge in [-0.1, -0.05) is 33.1 Å². The molecule has 0 aromatic rings. The van der Waals surface area contributed by atoms with Crippen molar-refractivity contribution in [3.05, 3.63) is 0 Å². The molecule has 72 valence electrons. The van der Waals surface area contributed by atoms with Gasteiger partial charge in [-0.2, -0.15) is 0 Å². The predicted octanol–water partition coefficient (Wildman–Crippen LogP) is 3.08. The largest absolute Gasteiger partial charge is 0.242 e. The first-order valence-corrected chi connectivity index (χ1v) is 5.34. The maximum Gasteiger partial charge on any atom is 0.142 e. The van der Waals surface area contributed by atoms with Gasteiger partial charge < -0.3 is 0 Å². The van der Waals surface area contributed by atoms with Crippen LogP contribution >= 0.6 is 0 Å². The van der Waals surface area contributed by atoms with Gasteiger partial charge in [0.1, 0.15) is 19.8 Å². The molecule has 0 unspecified atom stereocenters. The fraction of sp³-hybridized carbons (Fsp3) is 0.909. The van der Waals surface area contributed by atoms with Crippen LogP contribution in [0.15, 0.2) is 0 Å². The quantitative estimate of drug-likeness (QED) is 0.314. The Labute approximate surface area is 77.5 Å². The first kappa shape index (κ1) is 11.7. The highest BCUT2D eigenvalue weighted by Crippen LogP contribution is 2.01. The number of unbranched alkanes of at least 4 members (excludes halogenated alkanes) is 4. The first-order valence-electron chi connectivity index (χ1n) is 5.34. The molecule has 0 spiro atoms. The molecule has 1 nitrogen and oxygen atoms in total. The van der Waals surface area contributed by atoms with Crippen molar-refractivity contribution in [2.75, 3.05) is 13.6 Å². The molecule has 0 radical (unpaired) electrons. The van der Waals surface area contributed by atoms with Crippen molar-refractivity contribution < 1.29 is 4.58 Å². The average Bonchev–Trinajstić information content (AvgIpc) is 2.05. The van der Waals surface area contributed by atoms with Crippen LogP contribution in [-0.4, -0.2) is 24.4 Å². The van der Waals surface area contributed by atoms with Crippen LogP contribution in [0.4, 0.5) is 0 Å². The highest BCUT2D eigenvalue weighted by Gasteiger charge is 1.94. The fourth-order valence-corrected chi connectivity index (χ4v) is 1.37. The maximum absolute atomic E-state index is 2.31. The van der Waals surface area contributed by atoms with Crippen LogP contribution in [0.2, 0.25) is 0 Å². The van der Waals surface area contributed by atoms with Crippen LogP contribution < -0.4 is 0 Å². The Hall–Kier alpha value is -0.330. The zero-order valence-electron chi connectivity index (χ0n) is 8.97. The van der Waals surface area contributed by atoms with Crippen molar-refractivity contribution in [1.82, 2.24) is 0 Å². The molecule has 0 aliphatic heterocycles. The minimum atomic E-state index is 1.16. The zero-order chi connectivity index (χ0) is 9.23. The molecular weight excluding hydrogens is 146 g/mol. The third kappa shape index (κ3) is 7.77. The Kier molecular flexibility index (Phi) is 8.52. The van der Waals surface area contributed by atoms with E-state index in [1.54, 1.807) is 0 Å². The third-order valence-electron chi connectivity index (χ3n) is 2.11. The lowest BCUT2D eigenvalue weighted by Crippen LogP contribution is -2.08. The van der Waals surface area contributed by atoms with Gasteiger partial charge in [0.25, 0.3) is 0 Å². The Morgan fingerprint density at radius 2 is 1.67 bits per heavy atom. The van der Waals surface area contributed by atoms with Crippen molar-refractivity contribution >= 4 is 6.21 Å². The maximum atomic E-state index is 2.31. The highest BCUT2D eigenvalue weighted by atomic mass is 14.9. The Morgan fingerprint density at radius 1 is 1.00 bits per heavy atom. The van der Waals surface area contributed by atoms with Gasteiger partial charge in [-0.3, -0.25) is 0 Å². The molecule has 0 fully saturated rings. The molecular formula is C11H24N+. The van der Waals surface area contributed by atoms with Crippen molar-refractivity contribution in [3.63, 3.8) is 0 Å². The van der Waals surface area contributed by atoms with E-state index in [0.717, 1.165) is 6.42 Å². The Morgan fingerprint density at radius 3 is 2.25 bits per heavy atom. The summed E-state index contributed by atoms with van der Waals surface area (Å²) in [6, 6.07) is 0. The monoisotopic (exact) mass is 170 g/mol. The number of nitrogens with zero attached hydrogens (tertiary/aromatic N) is 1. The summed E-state index contributed by atoms with van der Waals surface area (Å²) in [5.41, 5.74) is 0. The Balaban J connectivity index is 3.14. The zero-order valence-corrected chi connectivity index (χ0v) is 8.97. The van der Waals surface area contributed by atoms with Crippen LogP contribution in [0.1, 0.15) is 52.4 Å². The summed E-state index contributed by atoms with van der Waals surface area (Å²) in [5, 5.41) is 0. The standard InChI is InChI=1S/C11H24N/c1-4-6-7-8-9-11-12(3)10-5-2/h10H,4-9,11H2,1-3H3/q+1. The predicted molar refractivity (Wildman–Crippen MR) is 56.2 cm³/mol. The molecule has 0 aromatic carbocycles. The van der Waals surface area contributed by atoms with Crippen LogP contribution in [0, 0.1) is 0 Å². The van der Waals surface area contributed by atoms with E-state index in [4.69, 9.17) is 0 Å². The summed E-state index contributed by atoms with van der Waals surface area (Å²) >= 11 is 0. The van der Waals surface area contributed by atoms with E-state index in [1.165, 1.54) is 38.6 Å². The number of hydrogen-bond acceptors (Lipinski definition) is 0. The van der Waals surface area contributed by atoms with Crippen LogP contribution in [0.25, 0.3) is 0 Å². The smallest absolute Gasteiger partial charge is 0.142 e. The van der Waals surface area contributed by atoms with Gasteiger partial charge >= 0.3 is 0 Å². The SMILES string of the molecule is CCC=[N+](C)CCCCCCC. The lowest BCUT2D eigenvalue weighted by Gasteiger charge is -1.97. The van der Waals surface area contributed by atoms with Crippen molar-refractivity contribution in [1.29, 1.82) is 0 Å². The van der Waals surface area contributed by atoms with E-state index >= 15 is 0 Å². The van der Waals surface area contributed by atoms with E-state index in [9.17, 15) is 0 Å². The lowest BCUT2D eigenvalue weighted by molar-refractivity contribution is -0.494. The molecule has 0 aromatic heterocycles. The summed E-state index contributed by atoms with van der Waals surface area (Å²) in [7, 11) is 2.17. The molecule has 0 aliphatic rings. The van der Waals surface area contributed by atoms with E-state index in [1.807, 2.05) is 0 Å².